The lowest BCUT2D eigenvalue weighted by molar-refractivity contribution is -0.146. The summed E-state index contributed by atoms with van der Waals surface area (Å²) in [4.78, 5) is 28.6. The second-order valence-corrected chi connectivity index (χ2v) is 6.95. The Kier molecular flexibility index (Phi) is 4.88. The third-order valence-electron chi connectivity index (χ3n) is 5.47. The monoisotopic (exact) mass is 346 g/mol. The largest absolute Gasteiger partial charge is 0.493 e. The van der Waals surface area contributed by atoms with Crippen LogP contribution >= 0.6 is 0 Å². The van der Waals surface area contributed by atoms with Crippen LogP contribution in [0.5, 0.6) is 11.5 Å². The van der Waals surface area contributed by atoms with Gasteiger partial charge in [-0.2, -0.15) is 0 Å². The Morgan fingerprint density at radius 1 is 1.20 bits per heavy atom. The maximum absolute atomic E-state index is 13.2. The van der Waals surface area contributed by atoms with Crippen LogP contribution in [0.1, 0.15) is 31.7 Å². The van der Waals surface area contributed by atoms with Crippen LogP contribution in [0.4, 0.5) is 0 Å². The molecule has 0 aromatic heterocycles. The highest BCUT2D eigenvalue weighted by atomic mass is 16.5. The number of amides is 2. The van der Waals surface area contributed by atoms with Crippen molar-refractivity contribution in [3.8, 4) is 11.5 Å². The fourth-order valence-corrected chi connectivity index (χ4v) is 4.11. The fourth-order valence-electron chi connectivity index (χ4n) is 4.11. The topological polar surface area (TPSA) is 59.1 Å². The molecule has 1 aromatic carbocycles. The third kappa shape index (κ3) is 3.17. The van der Waals surface area contributed by atoms with E-state index in [0.717, 1.165) is 31.4 Å². The number of rotatable bonds is 4. The van der Waals surface area contributed by atoms with Crippen LogP contribution < -0.4 is 9.47 Å². The maximum Gasteiger partial charge on any atom is 0.230 e. The van der Waals surface area contributed by atoms with E-state index in [1.165, 1.54) is 0 Å². The lowest BCUT2D eigenvalue weighted by atomic mass is 9.78. The van der Waals surface area contributed by atoms with E-state index < -0.39 is 5.41 Å². The summed E-state index contributed by atoms with van der Waals surface area (Å²) < 4.78 is 10.8. The van der Waals surface area contributed by atoms with Crippen molar-refractivity contribution in [3.05, 3.63) is 23.8 Å². The molecule has 0 aliphatic carbocycles. The van der Waals surface area contributed by atoms with Crippen molar-refractivity contribution >= 4 is 11.8 Å². The number of para-hydroxylation sites is 1. The molecule has 2 fully saturated rings. The fraction of sp³-hybridized carbons (Fsp3) is 0.579. The molecule has 2 aliphatic rings. The molecule has 136 valence electrons. The zero-order valence-electron chi connectivity index (χ0n) is 15.2. The zero-order chi connectivity index (χ0) is 18.0. The van der Waals surface area contributed by atoms with Gasteiger partial charge >= 0.3 is 0 Å². The number of methoxy groups -OCH3 is 2. The van der Waals surface area contributed by atoms with E-state index in [1.807, 2.05) is 23.1 Å². The number of likely N-dealkylation sites (tertiary alicyclic amines) is 2. The average molecular weight is 346 g/mol. The Bertz CT molecular complexity index is 675. The molecule has 0 saturated carbocycles. The van der Waals surface area contributed by atoms with Crippen molar-refractivity contribution in [2.75, 3.05) is 33.9 Å². The summed E-state index contributed by atoms with van der Waals surface area (Å²) in [6.45, 7) is 4.04. The van der Waals surface area contributed by atoms with Gasteiger partial charge in [0.15, 0.2) is 11.5 Å². The zero-order valence-corrected chi connectivity index (χ0v) is 15.2. The molecule has 1 aromatic rings. The average Bonchev–Trinajstić information content (AvgIpc) is 3.04. The first-order valence-electron chi connectivity index (χ1n) is 8.75. The van der Waals surface area contributed by atoms with Gasteiger partial charge in [0.05, 0.1) is 19.6 Å². The van der Waals surface area contributed by atoms with Crippen LogP contribution in [0.3, 0.4) is 0 Å². The molecule has 1 atom stereocenters. The molecule has 25 heavy (non-hydrogen) atoms. The molecule has 1 spiro atoms. The number of benzene rings is 1. The highest BCUT2D eigenvalue weighted by Crippen LogP contribution is 2.41. The van der Waals surface area contributed by atoms with Crippen LogP contribution in [0, 0.1) is 5.41 Å². The Hall–Kier alpha value is -2.24. The second-order valence-electron chi connectivity index (χ2n) is 6.95. The summed E-state index contributed by atoms with van der Waals surface area (Å²) in [7, 11) is 3.22. The van der Waals surface area contributed by atoms with Gasteiger partial charge in [0.2, 0.25) is 11.8 Å². The minimum absolute atomic E-state index is 0.0521. The molecular formula is C19H26N2O4. The van der Waals surface area contributed by atoms with Crippen molar-refractivity contribution in [2.45, 2.75) is 32.7 Å². The lowest BCUT2D eigenvalue weighted by Gasteiger charge is -2.39. The van der Waals surface area contributed by atoms with E-state index >= 15 is 0 Å². The van der Waals surface area contributed by atoms with Crippen molar-refractivity contribution in [3.63, 3.8) is 0 Å². The number of carbonyl (C=O) groups is 2. The summed E-state index contributed by atoms with van der Waals surface area (Å²) in [6.07, 6.45) is 2.59. The van der Waals surface area contributed by atoms with Crippen LogP contribution in [0.25, 0.3) is 0 Å². The van der Waals surface area contributed by atoms with Gasteiger partial charge in [-0.25, -0.2) is 0 Å². The van der Waals surface area contributed by atoms with Gasteiger partial charge in [-0.15, -0.1) is 0 Å². The van der Waals surface area contributed by atoms with Gasteiger partial charge in [-0.05, 0) is 25.3 Å². The summed E-state index contributed by atoms with van der Waals surface area (Å²) in [6, 6.07) is 5.73. The molecule has 2 saturated heterocycles. The Morgan fingerprint density at radius 2 is 2.00 bits per heavy atom. The predicted octanol–water partition coefficient (Wildman–Crippen LogP) is 2.06. The van der Waals surface area contributed by atoms with E-state index in [0.29, 0.717) is 31.1 Å². The number of piperidine rings is 1. The highest BCUT2D eigenvalue weighted by molar-refractivity contribution is 5.85. The summed E-state index contributed by atoms with van der Waals surface area (Å²) in [5, 5.41) is 0. The minimum Gasteiger partial charge on any atom is -0.493 e. The molecule has 6 nitrogen and oxygen atoms in total. The number of carbonyl (C=O) groups excluding carboxylic acids is 2. The smallest absolute Gasteiger partial charge is 0.230 e. The van der Waals surface area contributed by atoms with Gasteiger partial charge < -0.3 is 19.3 Å². The molecule has 3 rings (SSSR count). The van der Waals surface area contributed by atoms with Gasteiger partial charge in [0.25, 0.3) is 0 Å². The van der Waals surface area contributed by atoms with E-state index in [4.69, 9.17) is 9.47 Å². The summed E-state index contributed by atoms with van der Waals surface area (Å²) in [5.74, 6) is 1.56. The molecule has 0 unspecified atom stereocenters. The molecule has 2 amide bonds. The molecule has 0 radical (unpaired) electrons. The van der Waals surface area contributed by atoms with Crippen LogP contribution in [0.2, 0.25) is 0 Å². The SMILES string of the molecule is COc1cccc(CN2CCC[C@]3(CCN(C(C)=O)C3)C2=O)c1OC. The Labute approximate surface area is 148 Å². The number of nitrogens with zero attached hydrogens (tertiary/aromatic N) is 2. The molecule has 6 heteroatoms. The number of ether oxygens (including phenoxy) is 2. The summed E-state index contributed by atoms with van der Waals surface area (Å²) >= 11 is 0. The van der Waals surface area contributed by atoms with Gasteiger partial charge in [0.1, 0.15) is 0 Å². The highest BCUT2D eigenvalue weighted by Gasteiger charge is 2.48. The van der Waals surface area contributed by atoms with Gasteiger partial charge in [-0.3, -0.25) is 9.59 Å². The van der Waals surface area contributed by atoms with Crippen LogP contribution in [-0.4, -0.2) is 55.5 Å². The van der Waals surface area contributed by atoms with E-state index in [-0.39, 0.29) is 11.8 Å². The Balaban J connectivity index is 1.80. The molecule has 2 aliphatic heterocycles. The number of hydrogen-bond acceptors (Lipinski definition) is 4. The first-order valence-corrected chi connectivity index (χ1v) is 8.75. The number of hydrogen-bond donors (Lipinski definition) is 0. The van der Waals surface area contributed by atoms with E-state index in [9.17, 15) is 9.59 Å². The maximum atomic E-state index is 13.2. The second kappa shape index (κ2) is 6.94. The summed E-state index contributed by atoms with van der Waals surface area (Å²) in [5.41, 5.74) is 0.532. The van der Waals surface area contributed by atoms with Gasteiger partial charge in [-0.1, -0.05) is 12.1 Å². The standard InChI is InChI=1S/C19H26N2O4/c1-14(22)21-11-9-19(13-21)8-5-10-20(18(19)23)12-15-6-4-7-16(24-2)17(15)25-3/h4,6-7H,5,8-13H2,1-3H3/t19-/m1/s1. The third-order valence-corrected chi connectivity index (χ3v) is 5.47. The van der Waals surface area contributed by atoms with Crippen molar-refractivity contribution in [1.29, 1.82) is 0 Å². The molecular weight excluding hydrogens is 320 g/mol. The van der Waals surface area contributed by atoms with Gasteiger partial charge in [0, 0.05) is 38.7 Å². The minimum atomic E-state index is -0.407. The first kappa shape index (κ1) is 17.6. The van der Waals surface area contributed by atoms with E-state index in [2.05, 4.69) is 0 Å². The van der Waals surface area contributed by atoms with Crippen molar-refractivity contribution in [1.82, 2.24) is 9.80 Å². The van der Waals surface area contributed by atoms with Crippen molar-refractivity contribution in [2.24, 2.45) is 5.41 Å². The molecule has 0 bridgehead atoms. The van der Waals surface area contributed by atoms with Crippen LogP contribution in [-0.2, 0) is 16.1 Å². The molecule has 0 N–H and O–H groups in total. The van der Waals surface area contributed by atoms with Crippen LogP contribution in [0.15, 0.2) is 18.2 Å². The van der Waals surface area contributed by atoms with Crippen molar-refractivity contribution < 1.29 is 19.1 Å². The predicted molar refractivity (Wildman–Crippen MR) is 93.5 cm³/mol. The molecule has 2 heterocycles. The normalized spacial score (nSPS) is 23.2. The lowest BCUT2D eigenvalue weighted by Crippen LogP contribution is -2.49. The first-order chi connectivity index (χ1) is 12.0. The quantitative estimate of drug-likeness (QED) is 0.837. The van der Waals surface area contributed by atoms with E-state index in [1.54, 1.807) is 26.0 Å². The Morgan fingerprint density at radius 3 is 2.64 bits per heavy atom.